The Balaban J connectivity index is 1.87. The smallest absolute Gasteiger partial charge is 0.254 e. The number of amides is 2. The van der Waals surface area contributed by atoms with Crippen molar-refractivity contribution in [1.29, 1.82) is 0 Å². The van der Waals surface area contributed by atoms with E-state index < -0.39 is 22.0 Å². The standard InChI is InChI=1S/C17H20ClN3O4S3/c1-9-10(2)26-17(14(9)16(23)19-3)20-15(22)11-5-4-8-21(11)28(24,25)13-7-6-12(18)27-13/h6-7,11H,4-5,8H2,1-3H3,(H,19,23)(H,20,22). The third-order valence-corrected chi connectivity index (χ3v) is 9.42. The Bertz CT molecular complexity index is 1030. The molecule has 11 heteroatoms. The molecule has 1 aliphatic rings. The zero-order valence-corrected chi connectivity index (χ0v) is 18.7. The topological polar surface area (TPSA) is 95.6 Å². The predicted molar refractivity (Wildman–Crippen MR) is 112 cm³/mol. The molecule has 2 amide bonds. The van der Waals surface area contributed by atoms with Crippen molar-refractivity contribution in [1.82, 2.24) is 9.62 Å². The molecule has 0 saturated carbocycles. The Hall–Kier alpha value is -1.46. The molecule has 1 aliphatic heterocycles. The number of thiophene rings is 2. The third kappa shape index (κ3) is 3.84. The second kappa shape index (κ2) is 8.11. The molecule has 1 unspecified atom stereocenters. The van der Waals surface area contributed by atoms with Crippen LogP contribution < -0.4 is 10.6 Å². The summed E-state index contributed by atoms with van der Waals surface area (Å²) in [4.78, 5) is 26.1. The quantitative estimate of drug-likeness (QED) is 0.714. The molecule has 7 nitrogen and oxygen atoms in total. The fraction of sp³-hybridized carbons (Fsp3) is 0.412. The van der Waals surface area contributed by atoms with E-state index in [2.05, 4.69) is 10.6 Å². The van der Waals surface area contributed by atoms with Crippen molar-refractivity contribution >= 4 is 61.1 Å². The average Bonchev–Trinajstić information content (AvgIpc) is 3.35. The number of rotatable bonds is 5. The highest BCUT2D eigenvalue weighted by Gasteiger charge is 2.40. The summed E-state index contributed by atoms with van der Waals surface area (Å²) in [5.74, 6) is -0.726. The first kappa shape index (κ1) is 21.3. The number of aryl methyl sites for hydroxylation is 1. The summed E-state index contributed by atoms with van der Waals surface area (Å²) < 4.78 is 27.6. The normalized spacial score (nSPS) is 17.6. The minimum Gasteiger partial charge on any atom is -0.355 e. The van der Waals surface area contributed by atoms with Gasteiger partial charge in [0.15, 0.2) is 0 Å². The second-order valence-corrected chi connectivity index (χ2v) is 11.4. The highest BCUT2D eigenvalue weighted by molar-refractivity contribution is 7.91. The van der Waals surface area contributed by atoms with Crippen LogP contribution in [0.2, 0.25) is 4.34 Å². The van der Waals surface area contributed by atoms with Gasteiger partial charge in [0, 0.05) is 18.5 Å². The van der Waals surface area contributed by atoms with E-state index in [-0.39, 0.29) is 16.7 Å². The predicted octanol–water partition coefficient (Wildman–Crippen LogP) is 3.23. The van der Waals surface area contributed by atoms with E-state index >= 15 is 0 Å². The molecular weight excluding hydrogens is 442 g/mol. The Morgan fingerprint density at radius 2 is 1.96 bits per heavy atom. The lowest BCUT2D eigenvalue weighted by molar-refractivity contribution is -0.119. The number of sulfonamides is 1. The maximum atomic E-state index is 12.9. The summed E-state index contributed by atoms with van der Waals surface area (Å²) in [6.07, 6.45) is 1.00. The van der Waals surface area contributed by atoms with Gasteiger partial charge in [0.2, 0.25) is 5.91 Å². The minimum absolute atomic E-state index is 0.117. The number of nitrogens with one attached hydrogen (secondary N) is 2. The van der Waals surface area contributed by atoms with Crippen molar-refractivity contribution in [3.63, 3.8) is 0 Å². The summed E-state index contributed by atoms with van der Waals surface area (Å²) in [5, 5.41) is 5.79. The fourth-order valence-corrected chi connectivity index (χ4v) is 7.48. The van der Waals surface area contributed by atoms with Crippen LogP contribution in [0.15, 0.2) is 16.3 Å². The molecule has 28 heavy (non-hydrogen) atoms. The lowest BCUT2D eigenvalue weighted by Gasteiger charge is -2.22. The van der Waals surface area contributed by atoms with Crippen molar-refractivity contribution < 1.29 is 18.0 Å². The van der Waals surface area contributed by atoms with Crippen molar-refractivity contribution in [3.8, 4) is 0 Å². The van der Waals surface area contributed by atoms with E-state index in [0.717, 1.165) is 21.8 Å². The van der Waals surface area contributed by atoms with Crippen molar-refractivity contribution in [2.75, 3.05) is 18.9 Å². The van der Waals surface area contributed by atoms with Gasteiger partial charge in [-0.1, -0.05) is 11.6 Å². The number of hydrogen-bond donors (Lipinski definition) is 2. The molecule has 3 rings (SSSR count). The van der Waals surface area contributed by atoms with E-state index in [1.165, 1.54) is 34.8 Å². The lowest BCUT2D eigenvalue weighted by Crippen LogP contribution is -2.43. The number of halogens is 1. The number of hydrogen-bond acceptors (Lipinski definition) is 6. The summed E-state index contributed by atoms with van der Waals surface area (Å²) in [5.41, 5.74) is 1.21. The Morgan fingerprint density at radius 1 is 1.25 bits per heavy atom. The van der Waals surface area contributed by atoms with Crippen molar-refractivity contribution in [2.45, 2.75) is 36.9 Å². The summed E-state index contributed by atoms with van der Waals surface area (Å²) >= 11 is 8.15. The van der Waals surface area contributed by atoms with Crippen LogP contribution in [-0.2, 0) is 14.8 Å². The van der Waals surface area contributed by atoms with E-state index in [4.69, 9.17) is 11.6 Å². The summed E-state index contributed by atoms with van der Waals surface area (Å²) in [6, 6.07) is 2.15. The van der Waals surface area contributed by atoms with Crippen LogP contribution in [-0.4, -0.2) is 44.2 Å². The van der Waals surface area contributed by atoms with E-state index in [1.807, 2.05) is 13.8 Å². The average molecular weight is 462 g/mol. The highest BCUT2D eigenvalue weighted by atomic mass is 35.5. The van der Waals surface area contributed by atoms with Crippen LogP contribution in [0.4, 0.5) is 5.00 Å². The van der Waals surface area contributed by atoms with Gasteiger partial charge in [-0.25, -0.2) is 8.42 Å². The van der Waals surface area contributed by atoms with Crippen LogP contribution in [0.3, 0.4) is 0 Å². The molecular formula is C17H20ClN3O4S3. The van der Waals surface area contributed by atoms with Gasteiger partial charge in [0.25, 0.3) is 15.9 Å². The summed E-state index contributed by atoms with van der Waals surface area (Å²) in [6.45, 7) is 3.95. The van der Waals surface area contributed by atoms with Crippen LogP contribution in [0.1, 0.15) is 33.6 Å². The Morgan fingerprint density at radius 3 is 2.57 bits per heavy atom. The highest BCUT2D eigenvalue weighted by Crippen LogP contribution is 2.35. The molecule has 0 aromatic carbocycles. The largest absolute Gasteiger partial charge is 0.355 e. The van der Waals surface area contributed by atoms with Crippen molar-refractivity contribution in [2.24, 2.45) is 0 Å². The molecule has 1 fully saturated rings. The van der Waals surface area contributed by atoms with Gasteiger partial charge in [-0.15, -0.1) is 22.7 Å². The number of carbonyl (C=O) groups excluding carboxylic acids is 2. The zero-order valence-electron chi connectivity index (χ0n) is 15.5. The van der Waals surface area contributed by atoms with E-state index in [1.54, 1.807) is 0 Å². The molecule has 2 aromatic heterocycles. The van der Waals surface area contributed by atoms with Crippen molar-refractivity contribution in [3.05, 3.63) is 32.5 Å². The van der Waals surface area contributed by atoms with Gasteiger partial charge in [-0.3, -0.25) is 9.59 Å². The van der Waals surface area contributed by atoms with Gasteiger partial charge >= 0.3 is 0 Å². The molecule has 152 valence electrons. The molecule has 1 saturated heterocycles. The molecule has 0 spiro atoms. The zero-order chi connectivity index (χ0) is 20.6. The molecule has 0 aliphatic carbocycles. The number of nitrogens with zero attached hydrogens (tertiary/aromatic N) is 1. The first-order chi connectivity index (χ1) is 13.2. The minimum atomic E-state index is -3.81. The maximum Gasteiger partial charge on any atom is 0.254 e. The van der Waals surface area contributed by atoms with Gasteiger partial charge in [0.1, 0.15) is 15.3 Å². The van der Waals surface area contributed by atoms with Gasteiger partial charge in [-0.05, 0) is 44.4 Å². The molecule has 2 N–H and O–H groups in total. The first-order valence-electron chi connectivity index (χ1n) is 8.57. The maximum absolute atomic E-state index is 12.9. The second-order valence-electron chi connectivity index (χ2n) is 6.39. The van der Waals surface area contributed by atoms with Crippen LogP contribution in [0.25, 0.3) is 0 Å². The van der Waals surface area contributed by atoms with Gasteiger partial charge < -0.3 is 10.6 Å². The third-order valence-electron chi connectivity index (χ3n) is 4.69. The molecule has 3 heterocycles. The Labute approximate surface area is 176 Å². The van der Waals surface area contributed by atoms with Gasteiger partial charge in [0.05, 0.1) is 9.90 Å². The Kier molecular flexibility index (Phi) is 6.16. The van der Waals surface area contributed by atoms with Crippen LogP contribution >= 0.6 is 34.3 Å². The van der Waals surface area contributed by atoms with Crippen LogP contribution in [0.5, 0.6) is 0 Å². The molecule has 0 bridgehead atoms. The number of anilines is 1. The molecule has 2 aromatic rings. The SMILES string of the molecule is CNC(=O)c1c(NC(=O)C2CCCN2S(=O)(=O)c2ccc(Cl)s2)sc(C)c1C. The first-order valence-corrected chi connectivity index (χ1v) is 12.0. The molecule has 1 atom stereocenters. The monoisotopic (exact) mass is 461 g/mol. The van der Waals surface area contributed by atoms with Gasteiger partial charge in [-0.2, -0.15) is 4.31 Å². The number of carbonyl (C=O) groups is 2. The van der Waals surface area contributed by atoms with E-state index in [0.29, 0.717) is 27.7 Å². The molecule has 0 radical (unpaired) electrons. The summed E-state index contributed by atoms with van der Waals surface area (Å²) in [7, 11) is -2.28. The van der Waals surface area contributed by atoms with Crippen LogP contribution in [0, 0.1) is 13.8 Å². The van der Waals surface area contributed by atoms with E-state index in [9.17, 15) is 18.0 Å². The fourth-order valence-electron chi connectivity index (χ4n) is 3.15. The lowest BCUT2D eigenvalue weighted by atomic mass is 10.1.